The second-order valence-corrected chi connectivity index (χ2v) is 6.59. The zero-order chi connectivity index (χ0) is 15.6. The first-order chi connectivity index (χ1) is 9.88. The maximum atomic E-state index is 12.2. The maximum absolute atomic E-state index is 12.2. The summed E-state index contributed by atoms with van der Waals surface area (Å²) in [6.07, 6.45) is 0. The Kier molecular flexibility index (Phi) is 5.23. The van der Waals surface area contributed by atoms with Crippen molar-refractivity contribution in [2.45, 2.75) is 0 Å². The van der Waals surface area contributed by atoms with E-state index >= 15 is 0 Å². The van der Waals surface area contributed by atoms with Crippen LogP contribution < -0.4 is 5.32 Å². The molecule has 0 unspecified atom stereocenters. The van der Waals surface area contributed by atoms with E-state index < -0.39 is 11.9 Å². The standard InChI is InChI=1S/C14H8BrClINO3/c15-10-3-1-7(5-11(10)16)13(19)18-12-4-2-8(17)6-9(12)14(20)21/h1-6H,(H,18,19)(H,20,21). The average Bonchev–Trinajstić information content (AvgIpc) is 2.43. The first kappa shape index (κ1) is 16.3. The molecule has 2 aromatic rings. The zero-order valence-electron chi connectivity index (χ0n) is 10.4. The SMILES string of the molecule is O=C(Nc1ccc(I)cc1C(=O)O)c1ccc(Br)c(Cl)c1. The highest BCUT2D eigenvalue weighted by Gasteiger charge is 2.14. The molecule has 0 aliphatic rings. The summed E-state index contributed by atoms with van der Waals surface area (Å²) in [6.45, 7) is 0. The molecule has 1 amide bonds. The van der Waals surface area contributed by atoms with Gasteiger partial charge < -0.3 is 10.4 Å². The predicted octanol–water partition coefficient (Wildman–Crippen LogP) is 4.66. The van der Waals surface area contributed by atoms with Crippen molar-refractivity contribution in [1.82, 2.24) is 0 Å². The molecule has 108 valence electrons. The predicted molar refractivity (Wildman–Crippen MR) is 93.2 cm³/mol. The highest BCUT2D eigenvalue weighted by atomic mass is 127. The van der Waals surface area contributed by atoms with Crippen molar-refractivity contribution in [3.05, 3.63) is 60.6 Å². The van der Waals surface area contributed by atoms with Crippen molar-refractivity contribution >= 4 is 67.7 Å². The number of hydrogen-bond acceptors (Lipinski definition) is 2. The third kappa shape index (κ3) is 3.96. The lowest BCUT2D eigenvalue weighted by Gasteiger charge is -2.09. The summed E-state index contributed by atoms with van der Waals surface area (Å²) in [6, 6.07) is 9.53. The van der Waals surface area contributed by atoms with Gasteiger partial charge in [-0.15, -0.1) is 0 Å². The molecule has 0 spiro atoms. The number of carbonyl (C=O) groups is 2. The minimum atomic E-state index is -1.10. The van der Waals surface area contributed by atoms with E-state index in [1.165, 1.54) is 12.1 Å². The van der Waals surface area contributed by atoms with Gasteiger partial charge in [0.15, 0.2) is 0 Å². The normalized spacial score (nSPS) is 10.2. The molecule has 0 bridgehead atoms. The van der Waals surface area contributed by atoms with Crippen molar-refractivity contribution < 1.29 is 14.7 Å². The van der Waals surface area contributed by atoms with Crippen LogP contribution in [0.2, 0.25) is 5.02 Å². The van der Waals surface area contributed by atoms with Crippen LogP contribution in [0.15, 0.2) is 40.9 Å². The molecule has 0 saturated heterocycles. The molecule has 21 heavy (non-hydrogen) atoms. The number of amides is 1. The molecule has 0 atom stereocenters. The van der Waals surface area contributed by atoms with Crippen LogP contribution in [0, 0.1) is 3.57 Å². The van der Waals surface area contributed by atoms with E-state index in [4.69, 9.17) is 11.6 Å². The first-order valence-electron chi connectivity index (χ1n) is 5.67. The number of aromatic carboxylic acids is 1. The van der Waals surface area contributed by atoms with E-state index in [1.54, 1.807) is 24.3 Å². The third-order valence-electron chi connectivity index (χ3n) is 2.64. The van der Waals surface area contributed by atoms with Crippen LogP contribution in [0.1, 0.15) is 20.7 Å². The number of benzene rings is 2. The fourth-order valence-corrected chi connectivity index (χ4v) is 2.55. The number of rotatable bonds is 3. The lowest BCUT2D eigenvalue weighted by atomic mass is 10.1. The maximum Gasteiger partial charge on any atom is 0.337 e. The van der Waals surface area contributed by atoms with Gasteiger partial charge in [-0.05, 0) is 74.9 Å². The largest absolute Gasteiger partial charge is 0.478 e. The molecule has 2 N–H and O–H groups in total. The molecular weight excluding hydrogens is 472 g/mol. The monoisotopic (exact) mass is 479 g/mol. The molecule has 7 heteroatoms. The molecule has 0 heterocycles. The Morgan fingerprint density at radius 1 is 1.19 bits per heavy atom. The smallest absolute Gasteiger partial charge is 0.337 e. The highest BCUT2D eigenvalue weighted by molar-refractivity contribution is 14.1. The van der Waals surface area contributed by atoms with E-state index in [-0.39, 0.29) is 11.3 Å². The second kappa shape index (κ2) is 6.76. The van der Waals surface area contributed by atoms with Crippen LogP contribution in [0.3, 0.4) is 0 Å². The van der Waals surface area contributed by atoms with Gasteiger partial charge in [-0.3, -0.25) is 4.79 Å². The molecule has 0 aliphatic heterocycles. The summed E-state index contributed by atoms with van der Waals surface area (Å²) in [4.78, 5) is 23.4. The van der Waals surface area contributed by atoms with Gasteiger partial charge in [0.25, 0.3) is 5.91 Å². The second-order valence-electron chi connectivity index (χ2n) is 4.08. The van der Waals surface area contributed by atoms with Crippen molar-refractivity contribution in [3.8, 4) is 0 Å². The Labute approximate surface area is 147 Å². The van der Waals surface area contributed by atoms with E-state index in [0.29, 0.717) is 15.1 Å². The fraction of sp³-hybridized carbons (Fsp3) is 0. The number of hydrogen-bond donors (Lipinski definition) is 2. The highest BCUT2D eigenvalue weighted by Crippen LogP contribution is 2.24. The number of nitrogens with one attached hydrogen (secondary N) is 1. The Balaban J connectivity index is 2.31. The summed E-state index contributed by atoms with van der Waals surface area (Å²) < 4.78 is 1.45. The van der Waals surface area contributed by atoms with E-state index in [9.17, 15) is 14.7 Å². The number of carbonyl (C=O) groups excluding carboxylic acids is 1. The lowest BCUT2D eigenvalue weighted by molar-refractivity contribution is 0.0698. The molecule has 4 nitrogen and oxygen atoms in total. The van der Waals surface area contributed by atoms with Crippen LogP contribution in [0.4, 0.5) is 5.69 Å². The zero-order valence-corrected chi connectivity index (χ0v) is 14.9. The van der Waals surface area contributed by atoms with Gasteiger partial charge in [0, 0.05) is 13.6 Å². The van der Waals surface area contributed by atoms with Crippen LogP contribution >= 0.6 is 50.1 Å². The summed E-state index contributed by atoms with van der Waals surface area (Å²) >= 11 is 11.2. The Hall–Kier alpha value is -1.12. The first-order valence-corrected chi connectivity index (χ1v) is 7.92. The minimum Gasteiger partial charge on any atom is -0.478 e. The molecule has 0 aliphatic carbocycles. The van der Waals surface area contributed by atoms with Gasteiger partial charge in [0.1, 0.15) is 0 Å². The Bertz CT molecular complexity index is 736. The summed E-state index contributed by atoms with van der Waals surface area (Å²) in [5.74, 6) is -1.52. The van der Waals surface area contributed by atoms with Crippen molar-refractivity contribution in [1.29, 1.82) is 0 Å². The van der Waals surface area contributed by atoms with Crippen molar-refractivity contribution in [2.24, 2.45) is 0 Å². The van der Waals surface area contributed by atoms with Crippen LogP contribution in [0.5, 0.6) is 0 Å². The van der Waals surface area contributed by atoms with E-state index in [1.807, 2.05) is 22.6 Å². The molecule has 0 radical (unpaired) electrons. The van der Waals surface area contributed by atoms with Crippen LogP contribution in [-0.2, 0) is 0 Å². The number of carboxylic acid groups (broad SMARTS) is 1. The number of halogens is 3. The molecule has 0 fully saturated rings. The van der Waals surface area contributed by atoms with Gasteiger partial charge in [0.05, 0.1) is 16.3 Å². The van der Waals surface area contributed by atoms with Gasteiger partial charge in [-0.25, -0.2) is 4.79 Å². The fourth-order valence-electron chi connectivity index (χ4n) is 1.63. The average molecular weight is 480 g/mol. The van der Waals surface area contributed by atoms with Gasteiger partial charge >= 0.3 is 5.97 Å². The molecule has 0 aromatic heterocycles. The third-order valence-corrected chi connectivity index (χ3v) is 4.55. The van der Waals surface area contributed by atoms with E-state index in [0.717, 1.165) is 3.57 Å². The Morgan fingerprint density at radius 3 is 2.52 bits per heavy atom. The van der Waals surface area contributed by atoms with Crippen molar-refractivity contribution in [3.63, 3.8) is 0 Å². The van der Waals surface area contributed by atoms with Gasteiger partial charge in [-0.1, -0.05) is 11.6 Å². The summed E-state index contributed by atoms with van der Waals surface area (Å²) in [5.41, 5.74) is 0.628. The topological polar surface area (TPSA) is 66.4 Å². The van der Waals surface area contributed by atoms with Crippen molar-refractivity contribution in [2.75, 3.05) is 5.32 Å². The van der Waals surface area contributed by atoms with Gasteiger partial charge in [-0.2, -0.15) is 0 Å². The summed E-state index contributed by atoms with van der Waals surface area (Å²) in [5, 5.41) is 12.2. The molecule has 2 rings (SSSR count). The summed E-state index contributed by atoms with van der Waals surface area (Å²) in [7, 11) is 0. The number of carboxylic acids is 1. The molecule has 0 saturated carbocycles. The van der Waals surface area contributed by atoms with E-state index in [2.05, 4.69) is 21.2 Å². The lowest BCUT2D eigenvalue weighted by Crippen LogP contribution is -2.15. The van der Waals surface area contributed by atoms with Gasteiger partial charge in [0.2, 0.25) is 0 Å². The molecular formula is C14H8BrClINO3. The molecule has 2 aromatic carbocycles. The number of anilines is 1. The minimum absolute atomic E-state index is 0.0402. The van der Waals surface area contributed by atoms with Crippen LogP contribution in [0.25, 0.3) is 0 Å². The quantitative estimate of drug-likeness (QED) is 0.629. The Morgan fingerprint density at radius 2 is 1.90 bits per heavy atom. The van der Waals surface area contributed by atoms with Crippen LogP contribution in [-0.4, -0.2) is 17.0 Å².